The van der Waals surface area contributed by atoms with Gasteiger partial charge in [0.2, 0.25) is 0 Å². The number of aromatic nitrogens is 4. The first kappa shape index (κ1) is 32.4. The smallest absolute Gasteiger partial charge is 0.164 e. The summed E-state index contributed by atoms with van der Waals surface area (Å²) in [5.41, 5.74) is 14.0. The van der Waals surface area contributed by atoms with Crippen molar-refractivity contribution in [2.45, 2.75) is 5.41 Å². The third-order valence-electron chi connectivity index (χ3n) is 10.7. The van der Waals surface area contributed by atoms with Crippen molar-refractivity contribution in [2.75, 3.05) is 0 Å². The molecule has 0 N–H and O–H groups in total. The van der Waals surface area contributed by atoms with Gasteiger partial charge in [0.25, 0.3) is 0 Å². The summed E-state index contributed by atoms with van der Waals surface area (Å²) in [5.74, 6) is 1.90. The minimum atomic E-state index is -0.536. The average molecular weight is 703 g/mol. The molecule has 4 nitrogen and oxygen atoms in total. The van der Waals surface area contributed by atoms with E-state index >= 15 is 0 Å². The molecule has 55 heavy (non-hydrogen) atoms. The number of rotatable bonds is 7. The fraction of sp³-hybridized carbons (Fsp3) is 0.0196. The van der Waals surface area contributed by atoms with Crippen LogP contribution in [-0.4, -0.2) is 19.9 Å². The summed E-state index contributed by atoms with van der Waals surface area (Å²) in [5, 5.41) is 0. The maximum atomic E-state index is 5.12. The van der Waals surface area contributed by atoms with E-state index in [-0.39, 0.29) is 0 Å². The topological polar surface area (TPSA) is 51.6 Å². The van der Waals surface area contributed by atoms with Crippen LogP contribution in [0.15, 0.2) is 206 Å². The normalized spacial score (nSPS) is 12.5. The van der Waals surface area contributed by atoms with Gasteiger partial charge in [-0.3, -0.25) is 4.98 Å². The van der Waals surface area contributed by atoms with Crippen LogP contribution < -0.4 is 0 Å². The molecule has 0 fully saturated rings. The van der Waals surface area contributed by atoms with Gasteiger partial charge >= 0.3 is 0 Å². The van der Waals surface area contributed by atoms with E-state index in [1.807, 2.05) is 54.7 Å². The minimum Gasteiger partial charge on any atom is -0.256 e. The molecule has 2 aromatic heterocycles. The van der Waals surface area contributed by atoms with Gasteiger partial charge in [-0.15, -0.1) is 0 Å². The fourth-order valence-electron chi connectivity index (χ4n) is 8.14. The third kappa shape index (κ3) is 5.63. The van der Waals surface area contributed by atoms with Crippen molar-refractivity contribution in [2.24, 2.45) is 0 Å². The Morgan fingerprint density at radius 3 is 1.35 bits per heavy atom. The van der Waals surface area contributed by atoms with Gasteiger partial charge in [-0.25, -0.2) is 15.0 Å². The zero-order valence-electron chi connectivity index (χ0n) is 29.9. The first-order chi connectivity index (χ1) is 27.3. The molecule has 10 rings (SSSR count). The van der Waals surface area contributed by atoms with Crippen molar-refractivity contribution in [3.63, 3.8) is 0 Å². The van der Waals surface area contributed by atoms with Crippen molar-refractivity contribution < 1.29 is 0 Å². The molecule has 258 valence electrons. The Morgan fingerprint density at radius 1 is 0.309 bits per heavy atom. The van der Waals surface area contributed by atoms with E-state index in [0.29, 0.717) is 17.5 Å². The SMILES string of the molecule is c1ccc(-c2cccc(-c3nc(-c4ccccc4)nc(-c4ccc(C5(c6ccc(-c7ccccn7)cc6)c6ccccc6-c6ccccc65)cc4)n3)c2)cc1. The van der Waals surface area contributed by atoms with Gasteiger partial charge < -0.3 is 0 Å². The van der Waals surface area contributed by atoms with E-state index in [9.17, 15) is 0 Å². The zero-order chi connectivity index (χ0) is 36.6. The standard InChI is InChI=1S/C51H34N4/c1-3-14-35(15-4-1)39-18-13-19-40(34-39)50-54-48(37-16-5-2-6-17-37)53-49(55-50)38-27-31-42(32-28-38)51(41-29-25-36(26-30-41)47-24-11-12-33-52-47)45-22-9-7-20-43(45)44-21-8-10-23-46(44)51/h1-34H. The highest BCUT2D eigenvalue weighted by Crippen LogP contribution is 2.56. The maximum absolute atomic E-state index is 5.12. The monoisotopic (exact) mass is 702 g/mol. The first-order valence-electron chi connectivity index (χ1n) is 18.6. The number of hydrogen-bond acceptors (Lipinski definition) is 4. The van der Waals surface area contributed by atoms with Crippen LogP contribution in [0.25, 0.3) is 67.7 Å². The zero-order valence-corrected chi connectivity index (χ0v) is 29.9. The average Bonchev–Trinajstić information content (AvgIpc) is 3.58. The van der Waals surface area contributed by atoms with Crippen LogP contribution in [0.4, 0.5) is 0 Å². The summed E-state index contributed by atoms with van der Waals surface area (Å²) in [6.45, 7) is 0. The Hall–Kier alpha value is -7.30. The van der Waals surface area contributed by atoms with E-state index in [0.717, 1.165) is 39.1 Å². The predicted molar refractivity (Wildman–Crippen MR) is 222 cm³/mol. The van der Waals surface area contributed by atoms with E-state index in [1.54, 1.807) is 0 Å². The quantitative estimate of drug-likeness (QED) is 0.166. The highest BCUT2D eigenvalue weighted by Gasteiger charge is 2.45. The van der Waals surface area contributed by atoms with Gasteiger partial charge in [-0.1, -0.05) is 182 Å². The molecular weight excluding hydrogens is 669 g/mol. The van der Waals surface area contributed by atoms with Gasteiger partial charge in [0, 0.05) is 28.5 Å². The second-order valence-electron chi connectivity index (χ2n) is 13.8. The fourth-order valence-corrected chi connectivity index (χ4v) is 8.14. The summed E-state index contributed by atoms with van der Waals surface area (Å²) in [6, 6.07) is 70.4. The third-order valence-corrected chi connectivity index (χ3v) is 10.7. The van der Waals surface area contributed by atoms with Gasteiger partial charge in [-0.2, -0.15) is 0 Å². The molecule has 1 aliphatic carbocycles. The molecule has 0 radical (unpaired) electrons. The van der Waals surface area contributed by atoms with E-state index in [2.05, 4.69) is 157 Å². The maximum Gasteiger partial charge on any atom is 0.164 e. The summed E-state index contributed by atoms with van der Waals surface area (Å²) < 4.78 is 0. The Kier molecular flexibility index (Phi) is 8.00. The molecule has 2 heterocycles. The number of hydrogen-bond donors (Lipinski definition) is 0. The summed E-state index contributed by atoms with van der Waals surface area (Å²) in [4.78, 5) is 19.8. The van der Waals surface area contributed by atoms with Gasteiger partial charge in [0.05, 0.1) is 11.1 Å². The van der Waals surface area contributed by atoms with E-state index in [1.165, 1.54) is 33.4 Å². The van der Waals surface area contributed by atoms with Gasteiger partial charge in [0.1, 0.15) is 0 Å². The predicted octanol–water partition coefficient (Wildman–Crippen LogP) is 12.0. The second kappa shape index (κ2) is 13.6. The Bertz CT molecular complexity index is 2730. The Balaban J connectivity index is 1.12. The number of benzene rings is 7. The number of nitrogens with zero attached hydrogens (tertiary/aromatic N) is 4. The lowest BCUT2D eigenvalue weighted by Gasteiger charge is -2.34. The van der Waals surface area contributed by atoms with Crippen LogP contribution in [0.2, 0.25) is 0 Å². The van der Waals surface area contributed by atoms with E-state index < -0.39 is 5.41 Å². The van der Waals surface area contributed by atoms with Crippen LogP contribution in [0.3, 0.4) is 0 Å². The van der Waals surface area contributed by atoms with Crippen LogP contribution in [0.5, 0.6) is 0 Å². The van der Waals surface area contributed by atoms with Crippen LogP contribution in [0, 0.1) is 0 Å². The van der Waals surface area contributed by atoms with Crippen molar-refractivity contribution >= 4 is 0 Å². The van der Waals surface area contributed by atoms with Crippen molar-refractivity contribution in [1.82, 2.24) is 19.9 Å². The van der Waals surface area contributed by atoms with Crippen LogP contribution in [-0.2, 0) is 5.41 Å². The molecule has 0 atom stereocenters. The molecule has 0 amide bonds. The molecule has 0 aliphatic heterocycles. The number of pyridine rings is 1. The second-order valence-corrected chi connectivity index (χ2v) is 13.8. The lowest BCUT2D eigenvalue weighted by atomic mass is 9.67. The molecule has 4 heteroatoms. The highest BCUT2D eigenvalue weighted by molar-refractivity contribution is 5.86. The molecule has 9 aromatic rings. The van der Waals surface area contributed by atoms with Crippen LogP contribution >= 0.6 is 0 Å². The van der Waals surface area contributed by atoms with Crippen molar-refractivity contribution in [3.8, 4) is 67.7 Å². The summed E-state index contributed by atoms with van der Waals surface area (Å²) in [7, 11) is 0. The van der Waals surface area contributed by atoms with E-state index in [4.69, 9.17) is 15.0 Å². The molecule has 1 aliphatic rings. The Labute approximate surface area is 320 Å². The molecule has 0 spiro atoms. The first-order valence-corrected chi connectivity index (χ1v) is 18.6. The molecule has 7 aromatic carbocycles. The number of fused-ring (bicyclic) bond motifs is 3. The molecule has 0 saturated heterocycles. The summed E-state index contributed by atoms with van der Waals surface area (Å²) in [6.07, 6.45) is 1.84. The van der Waals surface area contributed by atoms with Gasteiger partial charge in [0.15, 0.2) is 17.5 Å². The summed E-state index contributed by atoms with van der Waals surface area (Å²) >= 11 is 0. The van der Waals surface area contributed by atoms with Crippen molar-refractivity contribution in [3.05, 3.63) is 229 Å². The lowest BCUT2D eigenvalue weighted by molar-refractivity contribution is 0.768. The van der Waals surface area contributed by atoms with Gasteiger partial charge in [-0.05, 0) is 62.7 Å². The lowest BCUT2D eigenvalue weighted by Crippen LogP contribution is -2.28. The van der Waals surface area contributed by atoms with Crippen LogP contribution in [0.1, 0.15) is 22.3 Å². The highest BCUT2D eigenvalue weighted by atomic mass is 15.0. The van der Waals surface area contributed by atoms with Crippen molar-refractivity contribution in [1.29, 1.82) is 0 Å². The largest absolute Gasteiger partial charge is 0.256 e. The molecule has 0 unspecified atom stereocenters. The molecule has 0 bridgehead atoms. The Morgan fingerprint density at radius 2 is 0.764 bits per heavy atom. The minimum absolute atomic E-state index is 0.536. The molecule has 0 saturated carbocycles. The molecular formula is C51H34N4.